The molecule has 0 spiro atoms. The molecular weight excluding hydrogens is 340 g/mol. The summed E-state index contributed by atoms with van der Waals surface area (Å²) < 4.78 is 10.8. The van der Waals surface area contributed by atoms with E-state index in [4.69, 9.17) is 9.47 Å². The van der Waals surface area contributed by atoms with Gasteiger partial charge in [0, 0.05) is 0 Å². The molecule has 138 valence electrons. The average molecular weight is 362 g/mol. The second-order valence-electron chi connectivity index (χ2n) is 7.58. The van der Waals surface area contributed by atoms with E-state index in [1.54, 1.807) is 36.4 Å². The Balaban J connectivity index is 1.81. The van der Waals surface area contributed by atoms with Crippen LogP contribution in [0.3, 0.4) is 0 Å². The third-order valence-corrected chi connectivity index (χ3v) is 3.93. The SMILES string of the molecule is CC(C)(C)COC(=O)c1ccccc1C(=O)Oc1ccc2ccccc2c1. The molecule has 0 aromatic heterocycles. The Kier molecular flexibility index (Phi) is 5.26. The van der Waals surface area contributed by atoms with Gasteiger partial charge in [-0.1, -0.05) is 63.2 Å². The molecule has 0 saturated carbocycles. The van der Waals surface area contributed by atoms with Gasteiger partial charge < -0.3 is 9.47 Å². The first-order valence-electron chi connectivity index (χ1n) is 8.81. The second-order valence-corrected chi connectivity index (χ2v) is 7.58. The van der Waals surface area contributed by atoms with E-state index in [1.807, 2.05) is 51.1 Å². The third kappa shape index (κ3) is 4.73. The Morgan fingerprint density at radius 2 is 1.37 bits per heavy atom. The van der Waals surface area contributed by atoms with E-state index in [1.165, 1.54) is 0 Å². The summed E-state index contributed by atoms with van der Waals surface area (Å²) in [6.07, 6.45) is 0. The highest BCUT2D eigenvalue weighted by Gasteiger charge is 2.21. The topological polar surface area (TPSA) is 52.6 Å². The standard InChI is InChI=1S/C23H22O4/c1-23(2,3)15-26-21(24)19-10-6-7-11-20(19)22(25)27-18-13-12-16-8-4-5-9-17(16)14-18/h4-14H,15H2,1-3H3. The zero-order valence-electron chi connectivity index (χ0n) is 15.7. The predicted octanol–water partition coefficient (Wildman–Crippen LogP) is 5.26. The summed E-state index contributed by atoms with van der Waals surface area (Å²) >= 11 is 0. The van der Waals surface area contributed by atoms with Crippen molar-refractivity contribution >= 4 is 22.7 Å². The molecule has 0 atom stereocenters. The molecule has 0 heterocycles. The molecule has 0 amide bonds. The van der Waals surface area contributed by atoms with Crippen LogP contribution >= 0.6 is 0 Å². The molecule has 0 aliphatic carbocycles. The fourth-order valence-corrected chi connectivity index (χ4v) is 2.59. The van der Waals surface area contributed by atoms with E-state index in [0.29, 0.717) is 5.75 Å². The summed E-state index contributed by atoms with van der Waals surface area (Å²) in [6, 6.07) is 19.8. The van der Waals surface area contributed by atoms with Crippen molar-refractivity contribution in [3.8, 4) is 5.75 Å². The van der Waals surface area contributed by atoms with Crippen molar-refractivity contribution < 1.29 is 19.1 Å². The number of hydrogen-bond acceptors (Lipinski definition) is 4. The minimum absolute atomic E-state index is 0.157. The van der Waals surface area contributed by atoms with Gasteiger partial charge in [-0.05, 0) is 40.5 Å². The van der Waals surface area contributed by atoms with Gasteiger partial charge in [0.2, 0.25) is 0 Å². The van der Waals surface area contributed by atoms with Gasteiger partial charge >= 0.3 is 11.9 Å². The van der Waals surface area contributed by atoms with Crippen LogP contribution in [0, 0.1) is 5.41 Å². The van der Waals surface area contributed by atoms with Crippen LogP contribution in [-0.2, 0) is 4.74 Å². The Morgan fingerprint density at radius 1 is 0.778 bits per heavy atom. The molecule has 0 unspecified atom stereocenters. The molecule has 3 rings (SSSR count). The lowest BCUT2D eigenvalue weighted by atomic mass is 9.98. The van der Waals surface area contributed by atoms with E-state index in [-0.39, 0.29) is 23.1 Å². The highest BCUT2D eigenvalue weighted by atomic mass is 16.5. The van der Waals surface area contributed by atoms with Crippen LogP contribution in [0.5, 0.6) is 5.75 Å². The molecule has 0 saturated heterocycles. The molecule has 0 aliphatic heterocycles. The summed E-state index contributed by atoms with van der Waals surface area (Å²) in [5, 5.41) is 2.03. The third-order valence-electron chi connectivity index (χ3n) is 3.93. The number of carbonyl (C=O) groups excluding carboxylic acids is 2. The first-order chi connectivity index (χ1) is 12.8. The van der Waals surface area contributed by atoms with E-state index < -0.39 is 11.9 Å². The zero-order valence-corrected chi connectivity index (χ0v) is 15.7. The Labute approximate surface area is 158 Å². The van der Waals surface area contributed by atoms with Crippen LogP contribution in [-0.4, -0.2) is 18.5 Å². The second kappa shape index (κ2) is 7.62. The number of fused-ring (bicyclic) bond motifs is 1. The van der Waals surface area contributed by atoms with Gasteiger partial charge in [-0.2, -0.15) is 0 Å². The summed E-state index contributed by atoms with van der Waals surface area (Å²) in [6.45, 7) is 6.18. The van der Waals surface area contributed by atoms with Crippen molar-refractivity contribution in [2.45, 2.75) is 20.8 Å². The van der Waals surface area contributed by atoms with Crippen LogP contribution in [0.1, 0.15) is 41.5 Å². The normalized spacial score (nSPS) is 11.2. The lowest BCUT2D eigenvalue weighted by Crippen LogP contribution is -2.21. The Bertz CT molecular complexity index is 983. The smallest absolute Gasteiger partial charge is 0.344 e. The fraction of sp³-hybridized carbons (Fsp3) is 0.217. The molecule has 3 aromatic carbocycles. The van der Waals surface area contributed by atoms with Crippen molar-refractivity contribution in [3.05, 3.63) is 77.9 Å². The monoisotopic (exact) mass is 362 g/mol. The highest BCUT2D eigenvalue weighted by molar-refractivity contribution is 6.04. The average Bonchev–Trinajstić information content (AvgIpc) is 2.65. The minimum atomic E-state index is -0.589. The van der Waals surface area contributed by atoms with Crippen molar-refractivity contribution in [2.75, 3.05) is 6.61 Å². The maximum Gasteiger partial charge on any atom is 0.344 e. The first kappa shape index (κ1) is 18.6. The van der Waals surface area contributed by atoms with Crippen LogP contribution in [0.4, 0.5) is 0 Å². The van der Waals surface area contributed by atoms with E-state index >= 15 is 0 Å². The van der Waals surface area contributed by atoms with E-state index in [0.717, 1.165) is 10.8 Å². The lowest BCUT2D eigenvalue weighted by molar-refractivity contribution is 0.0362. The highest BCUT2D eigenvalue weighted by Crippen LogP contribution is 2.22. The number of rotatable bonds is 4. The number of ether oxygens (including phenoxy) is 2. The van der Waals surface area contributed by atoms with Gasteiger partial charge in [-0.3, -0.25) is 0 Å². The van der Waals surface area contributed by atoms with Crippen molar-refractivity contribution in [2.24, 2.45) is 5.41 Å². The lowest BCUT2D eigenvalue weighted by Gasteiger charge is -2.18. The molecule has 0 aliphatic rings. The molecule has 0 radical (unpaired) electrons. The Hall–Kier alpha value is -3.14. The van der Waals surface area contributed by atoms with Gasteiger partial charge in [-0.15, -0.1) is 0 Å². The Morgan fingerprint density at radius 3 is 2.04 bits per heavy atom. The summed E-state index contributed by atoms with van der Waals surface area (Å²) in [7, 11) is 0. The van der Waals surface area contributed by atoms with E-state index in [9.17, 15) is 9.59 Å². The van der Waals surface area contributed by atoms with Crippen molar-refractivity contribution in [1.82, 2.24) is 0 Å². The van der Waals surface area contributed by atoms with Crippen LogP contribution < -0.4 is 4.74 Å². The molecule has 3 aromatic rings. The van der Waals surface area contributed by atoms with Gasteiger partial charge in [0.25, 0.3) is 0 Å². The van der Waals surface area contributed by atoms with Gasteiger partial charge in [-0.25, -0.2) is 9.59 Å². The maximum absolute atomic E-state index is 12.6. The molecule has 0 bridgehead atoms. The molecule has 4 nitrogen and oxygen atoms in total. The van der Waals surface area contributed by atoms with Crippen molar-refractivity contribution in [1.29, 1.82) is 0 Å². The number of hydrogen-bond donors (Lipinski definition) is 0. The van der Waals surface area contributed by atoms with Crippen LogP contribution in [0.25, 0.3) is 10.8 Å². The maximum atomic E-state index is 12.6. The molecule has 27 heavy (non-hydrogen) atoms. The van der Waals surface area contributed by atoms with Gasteiger partial charge in [0.15, 0.2) is 0 Å². The van der Waals surface area contributed by atoms with Gasteiger partial charge in [0.1, 0.15) is 5.75 Å². The minimum Gasteiger partial charge on any atom is -0.462 e. The predicted molar refractivity (Wildman–Crippen MR) is 105 cm³/mol. The van der Waals surface area contributed by atoms with Crippen molar-refractivity contribution in [3.63, 3.8) is 0 Å². The van der Waals surface area contributed by atoms with Crippen LogP contribution in [0.15, 0.2) is 66.7 Å². The quantitative estimate of drug-likeness (QED) is 0.469. The summed E-state index contributed by atoms with van der Waals surface area (Å²) in [4.78, 5) is 25.1. The number of benzene rings is 3. The van der Waals surface area contributed by atoms with Gasteiger partial charge in [0.05, 0.1) is 17.7 Å². The summed E-state index contributed by atoms with van der Waals surface area (Å²) in [5.41, 5.74) is 0.230. The van der Waals surface area contributed by atoms with Crippen LogP contribution in [0.2, 0.25) is 0 Å². The molecule has 4 heteroatoms. The number of esters is 2. The largest absolute Gasteiger partial charge is 0.462 e. The first-order valence-corrected chi connectivity index (χ1v) is 8.81. The zero-order chi connectivity index (χ0) is 19.4. The number of carbonyl (C=O) groups is 2. The van der Waals surface area contributed by atoms with E-state index in [2.05, 4.69) is 0 Å². The molecule has 0 fully saturated rings. The molecular formula is C23H22O4. The fourth-order valence-electron chi connectivity index (χ4n) is 2.59. The molecule has 0 N–H and O–H groups in total. The summed E-state index contributed by atoms with van der Waals surface area (Å²) in [5.74, 6) is -0.693.